The predicted molar refractivity (Wildman–Crippen MR) is 113 cm³/mol. The number of rotatable bonds is 6. The molecule has 0 bridgehead atoms. The van der Waals surface area contributed by atoms with Gasteiger partial charge in [-0.2, -0.15) is 0 Å². The van der Waals surface area contributed by atoms with Crippen LogP contribution in [0, 0.1) is 0 Å². The Kier molecular flexibility index (Phi) is 6.69. The summed E-state index contributed by atoms with van der Waals surface area (Å²) in [4.78, 5) is 6.72. The van der Waals surface area contributed by atoms with Crippen LogP contribution in [0.25, 0.3) is 0 Å². The van der Waals surface area contributed by atoms with Gasteiger partial charge in [0, 0.05) is 26.7 Å². The van der Waals surface area contributed by atoms with Crippen LogP contribution in [0.3, 0.4) is 0 Å². The van der Waals surface area contributed by atoms with Crippen LogP contribution in [0.1, 0.15) is 16.7 Å². The first-order chi connectivity index (χ1) is 14.1. The molecule has 1 aliphatic rings. The van der Waals surface area contributed by atoms with Crippen LogP contribution in [0.4, 0.5) is 0 Å². The Bertz CT molecular complexity index is 883. The average Bonchev–Trinajstić information content (AvgIpc) is 2.78. The summed E-state index contributed by atoms with van der Waals surface area (Å²) < 4.78 is 21.6. The molecular weight excluding hydrogens is 370 g/mol. The smallest absolute Gasteiger partial charge is 0.194 e. The van der Waals surface area contributed by atoms with Crippen molar-refractivity contribution in [3.05, 3.63) is 47.0 Å². The molecule has 0 saturated carbocycles. The van der Waals surface area contributed by atoms with E-state index in [0.717, 1.165) is 54.0 Å². The first-order valence-corrected chi connectivity index (χ1v) is 9.53. The fraction of sp³-hybridized carbons (Fsp3) is 0.409. The van der Waals surface area contributed by atoms with Gasteiger partial charge >= 0.3 is 0 Å². The zero-order chi connectivity index (χ0) is 20.8. The van der Waals surface area contributed by atoms with Gasteiger partial charge in [-0.05, 0) is 47.4 Å². The second-order valence-corrected chi connectivity index (χ2v) is 6.74. The van der Waals surface area contributed by atoms with E-state index in [1.54, 1.807) is 35.5 Å². The highest BCUT2D eigenvalue weighted by Gasteiger charge is 2.21. The minimum atomic E-state index is 0.641. The van der Waals surface area contributed by atoms with Gasteiger partial charge in [0.1, 0.15) is 0 Å². The quantitative estimate of drug-likeness (QED) is 0.595. The number of methoxy groups -OCH3 is 4. The van der Waals surface area contributed by atoms with Crippen LogP contribution in [-0.2, 0) is 19.5 Å². The fourth-order valence-electron chi connectivity index (χ4n) is 3.57. The maximum absolute atomic E-state index is 5.46. The van der Waals surface area contributed by atoms with Gasteiger partial charge in [-0.25, -0.2) is 0 Å². The highest BCUT2D eigenvalue weighted by molar-refractivity contribution is 5.80. The van der Waals surface area contributed by atoms with E-state index in [-0.39, 0.29) is 0 Å². The van der Waals surface area contributed by atoms with Crippen molar-refractivity contribution >= 4 is 5.96 Å². The normalized spacial score (nSPS) is 13.6. The number of nitrogens with zero attached hydrogens (tertiary/aromatic N) is 2. The predicted octanol–water partition coefficient (Wildman–Crippen LogP) is 2.85. The van der Waals surface area contributed by atoms with Crippen molar-refractivity contribution in [3.63, 3.8) is 0 Å². The number of nitrogens with one attached hydrogen (secondary N) is 1. The lowest BCUT2D eigenvalue weighted by Gasteiger charge is -2.32. The van der Waals surface area contributed by atoms with Gasteiger partial charge in [0.25, 0.3) is 0 Å². The summed E-state index contributed by atoms with van der Waals surface area (Å²) in [6.07, 6.45) is 0.923. The Morgan fingerprint density at radius 2 is 1.52 bits per heavy atom. The van der Waals surface area contributed by atoms with Crippen molar-refractivity contribution in [2.45, 2.75) is 19.5 Å². The summed E-state index contributed by atoms with van der Waals surface area (Å²) in [6.45, 7) is 2.29. The van der Waals surface area contributed by atoms with Gasteiger partial charge in [-0.1, -0.05) is 6.07 Å². The van der Waals surface area contributed by atoms with Crippen LogP contribution in [-0.4, -0.2) is 52.9 Å². The summed E-state index contributed by atoms with van der Waals surface area (Å²) in [5.74, 6) is 3.82. The van der Waals surface area contributed by atoms with Gasteiger partial charge in [0.05, 0.1) is 28.4 Å². The monoisotopic (exact) mass is 399 g/mol. The molecule has 0 saturated heterocycles. The number of benzene rings is 2. The zero-order valence-corrected chi connectivity index (χ0v) is 17.7. The molecule has 0 aliphatic carbocycles. The molecule has 0 fully saturated rings. The van der Waals surface area contributed by atoms with Crippen molar-refractivity contribution < 1.29 is 18.9 Å². The van der Waals surface area contributed by atoms with E-state index >= 15 is 0 Å². The van der Waals surface area contributed by atoms with Gasteiger partial charge in [-0.3, -0.25) is 4.99 Å². The van der Waals surface area contributed by atoms with Crippen LogP contribution >= 0.6 is 0 Å². The lowest BCUT2D eigenvalue weighted by atomic mass is 9.99. The van der Waals surface area contributed by atoms with E-state index in [1.165, 1.54) is 11.1 Å². The van der Waals surface area contributed by atoms with E-state index < -0.39 is 0 Å². The summed E-state index contributed by atoms with van der Waals surface area (Å²) >= 11 is 0. The molecule has 156 valence electrons. The van der Waals surface area contributed by atoms with E-state index in [4.69, 9.17) is 18.9 Å². The van der Waals surface area contributed by atoms with Gasteiger partial charge in [-0.15, -0.1) is 0 Å². The number of hydrogen-bond acceptors (Lipinski definition) is 5. The molecule has 0 amide bonds. The SMILES string of the molecule is CN=C(NCc1ccc(OC)c(OC)c1)N1CCc2cc(OC)c(OC)cc2C1. The molecule has 7 heteroatoms. The third kappa shape index (κ3) is 4.50. The maximum Gasteiger partial charge on any atom is 0.194 e. The topological polar surface area (TPSA) is 64.6 Å². The first kappa shape index (κ1) is 20.6. The Balaban J connectivity index is 1.70. The van der Waals surface area contributed by atoms with Gasteiger partial charge in [0.2, 0.25) is 0 Å². The van der Waals surface area contributed by atoms with Crippen molar-refractivity contribution in [3.8, 4) is 23.0 Å². The average molecular weight is 399 g/mol. The van der Waals surface area contributed by atoms with Crippen LogP contribution in [0.5, 0.6) is 23.0 Å². The largest absolute Gasteiger partial charge is 0.493 e. The van der Waals surface area contributed by atoms with E-state index in [2.05, 4.69) is 27.3 Å². The van der Waals surface area contributed by atoms with E-state index in [9.17, 15) is 0 Å². The highest BCUT2D eigenvalue weighted by Crippen LogP contribution is 2.33. The van der Waals surface area contributed by atoms with Crippen molar-refractivity contribution in [1.82, 2.24) is 10.2 Å². The Morgan fingerprint density at radius 1 is 0.897 bits per heavy atom. The standard InChI is InChI=1S/C22H29N3O4/c1-23-22(24-13-15-6-7-18(26-2)19(10-15)27-3)25-9-8-16-11-20(28-4)21(29-5)12-17(16)14-25/h6-7,10-12H,8-9,13-14H2,1-5H3,(H,23,24). The molecule has 0 aromatic heterocycles. The molecule has 1 aliphatic heterocycles. The Hall–Kier alpha value is -3.09. The zero-order valence-electron chi connectivity index (χ0n) is 17.7. The molecule has 1 heterocycles. The third-order valence-electron chi connectivity index (χ3n) is 5.13. The summed E-state index contributed by atoms with van der Waals surface area (Å²) in [5.41, 5.74) is 3.60. The second kappa shape index (κ2) is 9.41. The minimum Gasteiger partial charge on any atom is -0.493 e. The van der Waals surface area contributed by atoms with E-state index in [1.807, 2.05) is 18.2 Å². The third-order valence-corrected chi connectivity index (χ3v) is 5.13. The Morgan fingerprint density at radius 3 is 2.14 bits per heavy atom. The minimum absolute atomic E-state index is 0.641. The lowest BCUT2D eigenvalue weighted by molar-refractivity contribution is 0.345. The maximum atomic E-state index is 5.46. The molecule has 2 aromatic rings. The van der Waals surface area contributed by atoms with Crippen LogP contribution in [0.2, 0.25) is 0 Å². The van der Waals surface area contributed by atoms with Crippen LogP contribution in [0.15, 0.2) is 35.3 Å². The number of ether oxygens (including phenoxy) is 4. The number of fused-ring (bicyclic) bond motifs is 1. The molecule has 7 nitrogen and oxygen atoms in total. The number of aliphatic imine (C=N–C) groups is 1. The van der Waals surface area contributed by atoms with Gasteiger partial charge < -0.3 is 29.2 Å². The summed E-state index contributed by atoms with van der Waals surface area (Å²) in [5, 5.41) is 3.45. The molecule has 0 unspecified atom stereocenters. The second-order valence-electron chi connectivity index (χ2n) is 6.74. The van der Waals surface area contributed by atoms with Crippen molar-refractivity contribution in [1.29, 1.82) is 0 Å². The molecule has 0 atom stereocenters. The number of guanidine groups is 1. The number of hydrogen-bond donors (Lipinski definition) is 1. The van der Waals surface area contributed by atoms with Crippen molar-refractivity contribution in [2.24, 2.45) is 4.99 Å². The molecule has 1 N–H and O–H groups in total. The highest BCUT2D eigenvalue weighted by atomic mass is 16.5. The fourth-order valence-corrected chi connectivity index (χ4v) is 3.57. The molecular formula is C22H29N3O4. The summed E-state index contributed by atoms with van der Waals surface area (Å²) in [6, 6.07) is 10.0. The Labute approximate surface area is 172 Å². The molecule has 29 heavy (non-hydrogen) atoms. The molecule has 2 aromatic carbocycles. The molecule has 0 radical (unpaired) electrons. The van der Waals surface area contributed by atoms with Crippen molar-refractivity contribution in [2.75, 3.05) is 42.0 Å². The van der Waals surface area contributed by atoms with E-state index in [0.29, 0.717) is 6.54 Å². The van der Waals surface area contributed by atoms with Gasteiger partial charge in [0.15, 0.2) is 29.0 Å². The first-order valence-electron chi connectivity index (χ1n) is 9.53. The lowest BCUT2D eigenvalue weighted by Crippen LogP contribution is -2.43. The molecule has 0 spiro atoms. The van der Waals surface area contributed by atoms with Crippen LogP contribution < -0.4 is 24.3 Å². The molecule has 3 rings (SSSR count). The summed E-state index contributed by atoms with van der Waals surface area (Å²) in [7, 11) is 8.41.